The molecule has 92 valence electrons. The zero-order valence-corrected chi connectivity index (χ0v) is 10.2. The van der Waals surface area contributed by atoms with Crippen molar-refractivity contribution >= 4 is 0 Å². The van der Waals surface area contributed by atoms with Crippen molar-refractivity contribution < 1.29 is 9.47 Å². The van der Waals surface area contributed by atoms with E-state index in [1.54, 1.807) is 0 Å². The van der Waals surface area contributed by atoms with Crippen LogP contribution in [0.5, 0.6) is 11.5 Å². The van der Waals surface area contributed by atoms with Gasteiger partial charge in [0.1, 0.15) is 0 Å². The van der Waals surface area contributed by atoms with E-state index in [1.165, 1.54) is 24.8 Å². The van der Waals surface area contributed by atoms with Crippen LogP contribution < -0.4 is 14.8 Å². The highest BCUT2D eigenvalue weighted by atomic mass is 16.7. The van der Waals surface area contributed by atoms with E-state index in [0.29, 0.717) is 12.8 Å². The maximum absolute atomic E-state index is 5.39. The predicted octanol–water partition coefficient (Wildman–Crippen LogP) is 2.87. The molecule has 1 aliphatic carbocycles. The zero-order valence-electron chi connectivity index (χ0n) is 10.2. The topological polar surface area (TPSA) is 30.5 Å². The third kappa shape index (κ3) is 2.55. The Kier molecular flexibility index (Phi) is 2.93. The highest BCUT2D eigenvalue weighted by molar-refractivity contribution is 5.45. The van der Waals surface area contributed by atoms with E-state index in [2.05, 4.69) is 24.4 Å². The normalized spacial score (nSPS) is 19.4. The first kappa shape index (κ1) is 10.9. The van der Waals surface area contributed by atoms with Gasteiger partial charge in [-0.2, -0.15) is 0 Å². The van der Waals surface area contributed by atoms with Crippen LogP contribution >= 0.6 is 0 Å². The number of ether oxygens (including phenoxy) is 2. The maximum atomic E-state index is 5.39. The largest absolute Gasteiger partial charge is 0.454 e. The molecule has 1 fully saturated rings. The van der Waals surface area contributed by atoms with Gasteiger partial charge in [-0.25, -0.2) is 0 Å². The Hall–Kier alpha value is -1.22. The van der Waals surface area contributed by atoms with Crippen molar-refractivity contribution in [3.8, 4) is 11.5 Å². The molecule has 0 amide bonds. The van der Waals surface area contributed by atoms with E-state index in [9.17, 15) is 0 Å². The maximum Gasteiger partial charge on any atom is 0.231 e. The SMILES string of the molecule is CC(NCCC1CC1)c1ccc2c(c1)OCO2. The molecule has 1 saturated carbocycles. The second-order valence-electron chi connectivity index (χ2n) is 5.02. The van der Waals surface area contributed by atoms with Crippen LogP contribution in [0.4, 0.5) is 0 Å². The number of hydrogen-bond donors (Lipinski definition) is 1. The summed E-state index contributed by atoms with van der Waals surface area (Å²) >= 11 is 0. The number of benzene rings is 1. The molecule has 0 radical (unpaired) electrons. The molecule has 1 aromatic carbocycles. The fourth-order valence-corrected chi connectivity index (χ4v) is 2.21. The molecule has 3 heteroatoms. The van der Waals surface area contributed by atoms with Crippen molar-refractivity contribution in [2.45, 2.75) is 32.2 Å². The van der Waals surface area contributed by atoms with Gasteiger partial charge in [0, 0.05) is 6.04 Å². The molecule has 1 heterocycles. The van der Waals surface area contributed by atoms with Gasteiger partial charge >= 0.3 is 0 Å². The van der Waals surface area contributed by atoms with E-state index in [0.717, 1.165) is 24.0 Å². The molecule has 1 N–H and O–H groups in total. The van der Waals surface area contributed by atoms with Crippen LogP contribution in [0.2, 0.25) is 0 Å². The summed E-state index contributed by atoms with van der Waals surface area (Å²) in [5, 5.41) is 3.57. The number of fused-ring (bicyclic) bond motifs is 1. The van der Waals surface area contributed by atoms with Gasteiger partial charge in [-0.05, 0) is 43.5 Å². The lowest BCUT2D eigenvalue weighted by Crippen LogP contribution is -2.20. The van der Waals surface area contributed by atoms with Crippen LogP contribution in [0.1, 0.15) is 37.8 Å². The molecule has 1 unspecified atom stereocenters. The summed E-state index contributed by atoms with van der Waals surface area (Å²) in [6, 6.07) is 6.57. The van der Waals surface area contributed by atoms with Gasteiger partial charge in [0.25, 0.3) is 0 Å². The summed E-state index contributed by atoms with van der Waals surface area (Å²) in [5.41, 5.74) is 1.27. The minimum Gasteiger partial charge on any atom is -0.454 e. The number of rotatable bonds is 5. The van der Waals surface area contributed by atoms with Gasteiger partial charge in [-0.3, -0.25) is 0 Å². The lowest BCUT2D eigenvalue weighted by Gasteiger charge is -2.14. The number of hydrogen-bond acceptors (Lipinski definition) is 3. The second-order valence-corrected chi connectivity index (χ2v) is 5.02. The molecular formula is C14H19NO2. The Bertz CT molecular complexity index is 401. The second kappa shape index (κ2) is 4.57. The zero-order chi connectivity index (χ0) is 11.7. The molecule has 0 aromatic heterocycles. The summed E-state index contributed by atoms with van der Waals surface area (Å²) < 4.78 is 10.7. The van der Waals surface area contributed by atoms with Gasteiger partial charge in [0.15, 0.2) is 11.5 Å². The van der Waals surface area contributed by atoms with E-state index >= 15 is 0 Å². The third-order valence-corrected chi connectivity index (χ3v) is 3.60. The molecule has 2 aliphatic rings. The predicted molar refractivity (Wildman–Crippen MR) is 66.3 cm³/mol. The highest BCUT2D eigenvalue weighted by Crippen LogP contribution is 2.34. The average molecular weight is 233 g/mol. The van der Waals surface area contributed by atoms with Gasteiger partial charge in [-0.1, -0.05) is 18.9 Å². The first-order valence-electron chi connectivity index (χ1n) is 6.46. The average Bonchev–Trinajstić information content (AvgIpc) is 3.04. The van der Waals surface area contributed by atoms with Gasteiger partial charge in [-0.15, -0.1) is 0 Å². The fraction of sp³-hybridized carbons (Fsp3) is 0.571. The Morgan fingerprint density at radius 1 is 1.29 bits per heavy atom. The van der Waals surface area contributed by atoms with E-state index < -0.39 is 0 Å². The standard InChI is InChI=1S/C14H19NO2/c1-10(15-7-6-11-2-3-11)12-4-5-13-14(8-12)17-9-16-13/h4-5,8,10-11,15H,2-3,6-7,9H2,1H3. The molecule has 1 atom stereocenters. The van der Waals surface area contributed by atoms with Crippen molar-refractivity contribution in [3.05, 3.63) is 23.8 Å². The van der Waals surface area contributed by atoms with Gasteiger partial charge < -0.3 is 14.8 Å². The molecule has 17 heavy (non-hydrogen) atoms. The third-order valence-electron chi connectivity index (χ3n) is 3.60. The smallest absolute Gasteiger partial charge is 0.231 e. The van der Waals surface area contributed by atoms with Crippen LogP contribution in [0.25, 0.3) is 0 Å². The molecule has 0 spiro atoms. The van der Waals surface area contributed by atoms with E-state index in [-0.39, 0.29) is 0 Å². The van der Waals surface area contributed by atoms with Crippen LogP contribution in [0, 0.1) is 5.92 Å². The van der Waals surface area contributed by atoms with Crippen LogP contribution in [-0.2, 0) is 0 Å². The lowest BCUT2D eigenvalue weighted by molar-refractivity contribution is 0.174. The van der Waals surface area contributed by atoms with Crippen molar-refractivity contribution in [2.75, 3.05) is 13.3 Å². The Morgan fingerprint density at radius 2 is 2.12 bits per heavy atom. The monoisotopic (exact) mass is 233 g/mol. The first-order valence-corrected chi connectivity index (χ1v) is 6.46. The van der Waals surface area contributed by atoms with Gasteiger partial charge in [0.2, 0.25) is 6.79 Å². The molecule has 0 saturated heterocycles. The molecule has 3 nitrogen and oxygen atoms in total. The number of nitrogens with one attached hydrogen (secondary N) is 1. The van der Waals surface area contributed by atoms with Gasteiger partial charge in [0.05, 0.1) is 0 Å². The Morgan fingerprint density at radius 3 is 2.94 bits per heavy atom. The van der Waals surface area contributed by atoms with E-state index in [1.807, 2.05) is 6.07 Å². The van der Waals surface area contributed by atoms with Crippen LogP contribution in [0.15, 0.2) is 18.2 Å². The Labute approximate surface area is 102 Å². The first-order chi connectivity index (χ1) is 8.33. The van der Waals surface area contributed by atoms with Crippen molar-refractivity contribution in [1.82, 2.24) is 5.32 Å². The summed E-state index contributed by atoms with van der Waals surface area (Å²) in [6.45, 7) is 3.66. The van der Waals surface area contributed by atoms with Crippen LogP contribution in [0.3, 0.4) is 0 Å². The van der Waals surface area contributed by atoms with Crippen LogP contribution in [-0.4, -0.2) is 13.3 Å². The van der Waals surface area contributed by atoms with E-state index in [4.69, 9.17) is 9.47 Å². The van der Waals surface area contributed by atoms with Crippen molar-refractivity contribution in [2.24, 2.45) is 5.92 Å². The molecule has 0 bridgehead atoms. The summed E-state index contributed by atoms with van der Waals surface area (Å²) in [5.74, 6) is 2.73. The minimum absolute atomic E-state index is 0.349. The highest BCUT2D eigenvalue weighted by Gasteiger charge is 2.21. The molecule has 1 aromatic rings. The lowest BCUT2D eigenvalue weighted by atomic mass is 10.1. The Balaban J connectivity index is 1.58. The van der Waals surface area contributed by atoms with Crippen molar-refractivity contribution in [1.29, 1.82) is 0 Å². The quantitative estimate of drug-likeness (QED) is 0.848. The molecule has 1 aliphatic heterocycles. The summed E-state index contributed by atoms with van der Waals surface area (Å²) in [6.07, 6.45) is 4.18. The fourth-order valence-electron chi connectivity index (χ4n) is 2.21. The van der Waals surface area contributed by atoms with Crippen molar-refractivity contribution in [3.63, 3.8) is 0 Å². The summed E-state index contributed by atoms with van der Waals surface area (Å²) in [7, 11) is 0. The molecule has 3 rings (SSSR count). The minimum atomic E-state index is 0.349. The molecular weight excluding hydrogens is 214 g/mol. The summed E-state index contributed by atoms with van der Waals surface area (Å²) in [4.78, 5) is 0.